The topological polar surface area (TPSA) is 75.5 Å². The molecule has 2 aliphatic heterocycles. The van der Waals surface area contributed by atoms with Crippen molar-refractivity contribution in [3.63, 3.8) is 0 Å². The third-order valence-corrected chi connectivity index (χ3v) is 7.37. The average molecular weight is 526 g/mol. The summed E-state index contributed by atoms with van der Waals surface area (Å²) in [4.78, 5) is 33.2. The Hall–Kier alpha value is -2.68. The monoisotopic (exact) mass is 525 g/mol. The lowest BCUT2D eigenvalue weighted by atomic mass is 10.1. The van der Waals surface area contributed by atoms with Gasteiger partial charge in [0.1, 0.15) is 12.3 Å². The van der Waals surface area contributed by atoms with Crippen LogP contribution in [-0.4, -0.2) is 91.7 Å². The van der Waals surface area contributed by atoms with E-state index >= 15 is 0 Å². The van der Waals surface area contributed by atoms with E-state index in [9.17, 15) is 9.59 Å². The summed E-state index contributed by atoms with van der Waals surface area (Å²) in [6, 6.07) is 11.6. The molecule has 1 atom stereocenters. The molecule has 0 aliphatic carbocycles. The summed E-state index contributed by atoms with van der Waals surface area (Å²) in [5.41, 5.74) is 1.86. The minimum Gasteiger partial charge on any atom is -0.467 e. The zero-order chi connectivity index (χ0) is 26.6. The molecule has 0 N–H and O–H groups in total. The van der Waals surface area contributed by atoms with E-state index < -0.39 is 0 Å². The Balaban J connectivity index is 1.44. The fraction of sp³-hybridized carbons (Fsp3) is 0.600. The van der Waals surface area contributed by atoms with Crippen molar-refractivity contribution in [1.29, 1.82) is 0 Å². The summed E-state index contributed by atoms with van der Waals surface area (Å²) >= 11 is 0. The number of unbranched alkanes of at least 4 members (excludes halogenated alkanes) is 1. The Bertz CT molecular complexity index is 966. The molecule has 0 radical (unpaired) electrons. The van der Waals surface area contributed by atoms with Gasteiger partial charge in [0, 0.05) is 44.9 Å². The second kappa shape index (κ2) is 15.0. The summed E-state index contributed by atoms with van der Waals surface area (Å²) in [6.45, 7) is 8.52. The van der Waals surface area contributed by atoms with Crippen molar-refractivity contribution in [2.75, 3.05) is 59.1 Å². The van der Waals surface area contributed by atoms with E-state index in [1.165, 1.54) is 5.56 Å². The van der Waals surface area contributed by atoms with Crippen molar-refractivity contribution in [1.82, 2.24) is 14.7 Å². The molecule has 208 valence electrons. The predicted octanol–water partition coefficient (Wildman–Crippen LogP) is 3.99. The molecule has 38 heavy (non-hydrogen) atoms. The molecule has 4 rings (SSSR count). The van der Waals surface area contributed by atoms with E-state index in [2.05, 4.69) is 11.8 Å². The molecule has 1 unspecified atom stereocenters. The fourth-order valence-corrected chi connectivity index (χ4v) is 5.08. The van der Waals surface area contributed by atoms with Crippen molar-refractivity contribution < 1.29 is 23.5 Å². The highest BCUT2D eigenvalue weighted by atomic mass is 16.5. The van der Waals surface area contributed by atoms with Crippen LogP contribution < -0.4 is 0 Å². The lowest BCUT2D eigenvalue weighted by Crippen LogP contribution is -2.46. The molecule has 0 saturated carbocycles. The second-order valence-corrected chi connectivity index (χ2v) is 10.3. The molecule has 2 saturated heterocycles. The number of hydrogen-bond acceptors (Lipinski definition) is 6. The maximum absolute atomic E-state index is 13.7. The van der Waals surface area contributed by atoms with Crippen molar-refractivity contribution >= 4 is 11.8 Å². The van der Waals surface area contributed by atoms with Crippen molar-refractivity contribution in [2.45, 2.75) is 58.1 Å². The Morgan fingerprint density at radius 1 is 1.03 bits per heavy atom. The van der Waals surface area contributed by atoms with Gasteiger partial charge in [-0.25, -0.2) is 0 Å². The summed E-state index contributed by atoms with van der Waals surface area (Å²) in [5.74, 6) is 0.540. The van der Waals surface area contributed by atoms with Crippen LogP contribution in [0, 0.1) is 0 Å². The smallest absolute Gasteiger partial charge is 0.254 e. The van der Waals surface area contributed by atoms with E-state index in [4.69, 9.17) is 13.9 Å². The van der Waals surface area contributed by atoms with E-state index in [-0.39, 0.29) is 24.5 Å². The number of aryl methyl sites for hydroxylation is 1. The Morgan fingerprint density at radius 3 is 2.53 bits per heavy atom. The first kappa shape index (κ1) is 28.3. The summed E-state index contributed by atoms with van der Waals surface area (Å²) in [5, 5.41) is 0. The van der Waals surface area contributed by atoms with Gasteiger partial charge in [-0.1, -0.05) is 25.5 Å². The van der Waals surface area contributed by atoms with Gasteiger partial charge in [0.15, 0.2) is 0 Å². The zero-order valence-corrected chi connectivity index (χ0v) is 22.8. The number of rotatable bonds is 14. The molecule has 8 heteroatoms. The van der Waals surface area contributed by atoms with Gasteiger partial charge in [0.25, 0.3) is 5.91 Å². The molecule has 2 amide bonds. The molecule has 2 aliphatic rings. The van der Waals surface area contributed by atoms with Crippen LogP contribution in [0.1, 0.15) is 60.7 Å². The molecule has 3 heterocycles. The van der Waals surface area contributed by atoms with Gasteiger partial charge in [-0.05, 0) is 61.9 Å². The SMILES string of the molecule is CCCCc1ccc(C(=O)N(CCCN2CCOCC2)CC(=O)N(Cc2ccco2)CC2CCCO2)cc1. The van der Waals surface area contributed by atoms with Gasteiger partial charge in [-0.15, -0.1) is 0 Å². The van der Waals surface area contributed by atoms with Gasteiger partial charge in [-0.3, -0.25) is 14.5 Å². The van der Waals surface area contributed by atoms with Crippen molar-refractivity contribution in [2.24, 2.45) is 0 Å². The summed E-state index contributed by atoms with van der Waals surface area (Å²) in [7, 11) is 0. The van der Waals surface area contributed by atoms with Crippen molar-refractivity contribution in [3.8, 4) is 0 Å². The first-order chi connectivity index (χ1) is 18.6. The van der Waals surface area contributed by atoms with Crippen molar-refractivity contribution in [3.05, 3.63) is 59.5 Å². The highest BCUT2D eigenvalue weighted by Crippen LogP contribution is 2.17. The highest BCUT2D eigenvalue weighted by Gasteiger charge is 2.27. The average Bonchev–Trinajstić information content (AvgIpc) is 3.66. The number of ether oxygens (including phenoxy) is 2. The second-order valence-electron chi connectivity index (χ2n) is 10.3. The number of carbonyl (C=O) groups excluding carboxylic acids is 2. The molecule has 8 nitrogen and oxygen atoms in total. The van der Waals surface area contributed by atoms with Crippen LogP contribution >= 0.6 is 0 Å². The molecule has 0 bridgehead atoms. The van der Waals surface area contributed by atoms with Gasteiger partial charge >= 0.3 is 0 Å². The quantitative estimate of drug-likeness (QED) is 0.371. The minimum absolute atomic E-state index is 0.0232. The number of furan rings is 1. The van der Waals surface area contributed by atoms with Gasteiger partial charge in [-0.2, -0.15) is 0 Å². The van der Waals surface area contributed by atoms with Crippen LogP contribution in [0.4, 0.5) is 0 Å². The molecule has 2 aromatic rings. The minimum atomic E-state index is -0.0996. The molecule has 1 aromatic heterocycles. The lowest BCUT2D eigenvalue weighted by Gasteiger charge is -2.30. The highest BCUT2D eigenvalue weighted by molar-refractivity contribution is 5.96. The van der Waals surface area contributed by atoms with Gasteiger partial charge in [0.2, 0.25) is 5.91 Å². The molecule has 1 aromatic carbocycles. The maximum Gasteiger partial charge on any atom is 0.254 e. The Morgan fingerprint density at radius 2 is 1.84 bits per heavy atom. The predicted molar refractivity (Wildman–Crippen MR) is 146 cm³/mol. The number of hydrogen-bond donors (Lipinski definition) is 0. The normalized spacial score (nSPS) is 18.0. The van der Waals surface area contributed by atoms with Gasteiger partial charge in [0.05, 0.1) is 32.1 Å². The molecule has 2 fully saturated rings. The first-order valence-electron chi connectivity index (χ1n) is 14.2. The van der Waals surface area contributed by atoms with E-state index in [1.54, 1.807) is 16.1 Å². The standard InChI is InChI=1S/C30H43N3O5/c1-2-3-7-25-10-12-26(13-11-25)30(35)32(15-6-14-31-16-20-36-21-17-31)24-29(34)33(22-27-8-4-18-37-27)23-28-9-5-19-38-28/h4,8,10-13,18,28H,2-3,5-7,9,14-17,19-24H2,1H3. The molecular weight excluding hydrogens is 482 g/mol. The zero-order valence-electron chi connectivity index (χ0n) is 22.8. The largest absolute Gasteiger partial charge is 0.467 e. The van der Waals surface area contributed by atoms with Crippen LogP contribution in [0.2, 0.25) is 0 Å². The number of amides is 2. The third kappa shape index (κ3) is 8.68. The van der Waals surface area contributed by atoms with Crippen LogP contribution in [0.25, 0.3) is 0 Å². The maximum atomic E-state index is 13.7. The Labute approximate surface area is 226 Å². The van der Waals surface area contributed by atoms with Gasteiger partial charge < -0.3 is 23.7 Å². The third-order valence-electron chi connectivity index (χ3n) is 7.37. The number of morpholine rings is 1. The van der Waals surface area contributed by atoms with Crippen LogP contribution in [-0.2, 0) is 27.2 Å². The molecule has 0 spiro atoms. The first-order valence-corrected chi connectivity index (χ1v) is 14.2. The van der Waals surface area contributed by atoms with E-state index in [0.717, 1.165) is 83.7 Å². The summed E-state index contributed by atoms with van der Waals surface area (Å²) < 4.78 is 16.8. The number of benzene rings is 1. The number of carbonyl (C=O) groups is 2. The van der Waals surface area contributed by atoms with Crippen LogP contribution in [0.15, 0.2) is 47.1 Å². The fourth-order valence-electron chi connectivity index (χ4n) is 5.08. The number of nitrogens with zero attached hydrogens (tertiary/aromatic N) is 3. The molecular formula is C30H43N3O5. The Kier molecular flexibility index (Phi) is 11.2. The van der Waals surface area contributed by atoms with E-state index in [0.29, 0.717) is 25.2 Å². The summed E-state index contributed by atoms with van der Waals surface area (Å²) in [6.07, 6.45) is 7.68. The van der Waals surface area contributed by atoms with E-state index in [1.807, 2.05) is 36.4 Å². The lowest BCUT2D eigenvalue weighted by molar-refractivity contribution is -0.134. The van der Waals surface area contributed by atoms with Crippen LogP contribution in [0.3, 0.4) is 0 Å². The van der Waals surface area contributed by atoms with Crippen LogP contribution in [0.5, 0.6) is 0 Å².